The third kappa shape index (κ3) is 3.70. The minimum atomic E-state index is -0.319. The molecule has 8 heteroatoms. The molecule has 36 heavy (non-hydrogen) atoms. The van der Waals surface area contributed by atoms with Gasteiger partial charge in [0.1, 0.15) is 0 Å². The lowest BCUT2D eigenvalue weighted by atomic mass is 9.60. The Morgan fingerprint density at radius 1 is 1.03 bits per heavy atom. The fourth-order valence-electron chi connectivity index (χ4n) is 6.38. The van der Waals surface area contributed by atoms with Crippen LogP contribution in [0, 0.1) is 11.3 Å². The van der Waals surface area contributed by atoms with E-state index in [-0.39, 0.29) is 11.0 Å². The summed E-state index contributed by atoms with van der Waals surface area (Å²) in [5.41, 5.74) is 1.22. The number of nitrogens with one attached hydrogen (secondary N) is 1. The minimum Gasteiger partial charge on any atom is -0.493 e. The largest absolute Gasteiger partial charge is 0.493 e. The number of ether oxygens (including phenoxy) is 2. The number of likely N-dealkylation sites (tertiary alicyclic amines) is 1. The van der Waals surface area contributed by atoms with Crippen molar-refractivity contribution < 1.29 is 14.3 Å². The molecule has 1 N–H and O–H groups in total. The quantitative estimate of drug-likeness (QED) is 0.589. The molecule has 2 aromatic carbocycles. The van der Waals surface area contributed by atoms with Gasteiger partial charge in [0.05, 0.1) is 30.5 Å². The number of rotatable bonds is 5. The number of methoxy groups -OCH3 is 2. The highest BCUT2D eigenvalue weighted by atomic mass is 16.5. The molecule has 1 aromatic heterocycles. The van der Waals surface area contributed by atoms with Crippen molar-refractivity contribution in [2.24, 2.45) is 11.3 Å². The molecule has 3 heterocycles. The molecule has 188 valence electrons. The van der Waals surface area contributed by atoms with E-state index in [9.17, 15) is 9.59 Å². The molecule has 0 bridgehead atoms. The second-order valence-corrected chi connectivity index (χ2v) is 10.4. The number of piperidine rings is 2. The number of hydrogen-bond donors (Lipinski definition) is 1. The van der Waals surface area contributed by atoms with Crippen LogP contribution in [0.1, 0.15) is 37.7 Å². The van der Waals surface area contributed by atoms with Gasteiger partial charge >= 0.3 is 0 Å². The number of carbonyl (C=O) groups is 1. The molecule has 1 spiro atoms. The number of nitrogens with zero attached hydrogens (tertiary/aromatic N) is 3. The minimum absolute atomic E-state index is 0.212. The van der Waals surface area contributed by atoms with Crippen LogP contribution in [0.2, 0.25) is 0 Å². The molecule has 8 nitrogen and oxygen atoms in total. The fraction of sp³-hybridized carbons (Fsp3) is 0.464. The highest BCUT2D eigenvalue weighted by Gasteiger charge is 2.54. The van der Waals surface area contributed by atoms with Crippen molar-refractivity contribution >= 4 is 22.8 Å². The number of aromatic nitrogens is 2. The Balaban J connectivity index is 1.24. The maximum Gasteiger partial charge on any atom is 0.260 e. The van der Waals surface area contributed by atoms with E-state index in [0.717, 1.165) is 25.7 Å². The molecule has 1 amide bonds. The number of amides is 1. The molecule has 6 rings (SSSR count). The van der Waals surface area contributed by atoms with Gasteiger partial charge in [0.2, 0.25) is 11.9 Å². The van der Waals surface area contributed by atoms with Gasteiger partial charge in [0, 0.05) is 31.7 Å². The zero-order valence-electron chi connectivity index (χ0n) is 20.8. The van der Waals surface area contributed by atoms with Crippen LogP contribution in [0.3, 0.4) is 0 Å². The molecule has 3 aliphatic rings. The molecule has 0 radical (unpaired) electrons. The summed E-state index contributed by atoms with van der Waals surface area (Å²) in [6, 6.07) is 14.1. The predicted octanol–water partition coefficient (Wildman–Crippen LogP) is 3.74. The Morgan fingerprint density at radius 2 is 1.75 bits per heavy atom. The van der Waals surface area contributed by atoms with Crippen LogP contribution in [0.25, 0.3) is 10.9 Å². The fourth-order valence-corrected chi connectivity index (χ4v) is 6.38. The van der Waals surface area contributed by atoms with Crippen LogP contribution < -0.4 is 19.9 Å². The molecular formula is C28H32N4O4. The predicted molar refractivity (Wildman–Crippen MR) is 137 cm³/mol. The summed E-state index contributed by atoms with van der Waals surface area (Å²) in [5, 5.41) is 0.458. The van der Waals surface area contributed by atoms with Crippen molar-refractivity contribution in [3.8, 4) is 11.5 Å². The van der Waals surface area contributed by atoms with Crippen LogP contribution in [0.4, 0.5) is 5.95 Å². The number of anilines is 1. The van der Waals surface area contributed by atoms with Crippen molar-refractivity contribution in [2.75, 3.05) is 32.2 Å². The van der Waals surface area contributed by atoms with Gasteiger partial charge in [-0.25, -0.2) is 4.98 Å². The SMILES string of the molecule is COc1cc2nc(N3CCC4(CC3)CC3CCC3N(Cc3ccccc3)C4=O)[nH]c(=O)c2cc1OC. The van der Waals surface area contributed by atoms with Gasteiger partial charge in [-0.2, -0.15) is 0 Å². The average Bonchev–Trinajstić information content (AvgIpc) is 2.89. The van der Waals surface area contributed by atoms with Gasteiger partial charge in [-0.15, -0.1) is 0 Å². The molecule has 3 aromatic rings. The first-order chi connectivity index (χ1) is 17.5. The van der Waals surface area contributed by atoms with E-state index in [1.54, 1.807) is 26.4 Å². The number of hydrogen-bond acceptors (Lipinski definition) is 6. The normalized spacial score (nSPS) is 22.9. The summed E-state index contributed by atoms with van der Waals surface area (Å²) >= 11 is 0. The van der Waals surface area contributed by atoms with Crippen molar-refractivity contribution in [3.63, 3.8) is 0 Å². The van der Waals surface area contributed by atoms with E-state index in [4.69, 9.17) is 14.5 Å². The highest BCUT2D eigenvalue weighted by Crippen LogP contribution is 2.51. The van der Waals surface area contributed by atoms with Crippen LogP contribution in [-0.2, 0) is 11.3 Å². The summed E-state index contributed by atoms with van der Waals surface area (Å²) in [5.74, 6) is 2.48. The van der Waals surface area contributed by atoms with Crippen molar-refractivity contribution in [2.45, 2.75) is 44.7 Å². The molecule has 2 atom stereocenters. The number of aromatic amines is 1. The summed E-state index contributed by atoms with van der Waals surface area (Å²) in [7, 11) is 3.11. The smallest absolute Gasteiger partial charge is 0.260 e. The zero-order chi connectivity index (χ0) is 24.9. The van der Waals surface area contributed by atoms with Crippen LogP contribution in [-0.4, -0.2) is 54.1 Å². The van der Waals surface area contributed by atoms with Crippen LogP contribution in [0.15, 0.2) is 47.3 Å². The summed E-state index contributed by atoms with van der Waals surface area (Å²) in [4.78, 5) is 38.7. The topological polar surface area (TPSA) is 87.8 Å². The number of H-pyrrole nitrogens is 1. The Kier molecular flexibility index (Phi) is 5.62. The zero-order valence-corrected chi connectivity index (χ0v) is 20.8. The maximum absolute atomic E-state index is 13.9. The third-order valence-electron chi connectivity index (χ3n) is 8.56. The van der Waals surface area contributed by atoms with E-state index in [1.807, 2.05) is 18.2 Å². The molecule has 3 fully saturated rings. The van der Waals surface area contributed by atoms with E-state index in [2.05, 4.69) is 26.9 Å². The van der Waals surface area contributed by atoms with Gasteiger partial charge in [-0.3, -0.25) is 14.6 Å². The van der Waals surface area contributed by atoms with Crippen molar-refractivity contribution in [3.05, 3.63) is 58.4 Å². The lowest BCUT2D eigenvalue weighted by Crippen LogP contribution is -2.62. The van der Waals surface area contributed by atoms with Crippen molar-refractivity contribution in [1.82, 2.24) is 14.9 Å². The first kappa shape index (κ1) is 22.9. The Morgan fingerprint density at radius 3 is 2.42 bits per heavy atom. The maximum atomic E-state index is 13.9. The summed E-state index contributed by atoms with van der Waals surface area (Å²) < 4.78 is 10.7. The number of benzene rings is 2. The lowest BCUT2D eigenvalue weighted by molar-refractivity contribution is -0.163. The van der Waals surface area contributed by atoms with E-state index >= 15 is 0 Å². The Bertz CT molecular complexity index is 1350. The molecule has 2 unspecified atom stereocenters. The second kappa shape index (κ2) is 8.84. The lowest BCUT2D eigenvalue weighted by Gasteiger charge is -2.57. The van der Waals surface area contributed by atoms with Gasteiger partial charge in [0.15, 0.2) is 11.5 Å². The Hall–Kier alpha value is -3.55. The van der Waals surface area contributed by atoms with Crippen molar-refractivity contribution in [1.29, 1.82) is 0 Å². The first-order valence-corrected chi connectivity index (χ1v) is 12.8. The van der Waals surface area contributed by atoms with Gasteiger partial charge in [0.25, 0.3) is 5.56 Å². The highest BCUT2D eigenvalue weighted by molar-refractivity contribution is 5.85. The third-order valence-corrected chi connectivity index (χ3v) is 8.56. The van der Waals surface area contributed by atoms with E-state index in [0.29, 0.717) is 65.9 Å². The number of carbonyl (C=O) groups excluding carboxylic acids is 1. The van der Waals surface area contributed by atoms with Gasteiger partial charge in [-0.1, -0.05) is 30.3 Å². The molecular weight excluding hydrogens is 456 g/mol. The van der Waals surface area contributed by atoms with E-state index in [1.165, 1.54) is 12.0 Å². The molecule has 1 saturated carbocycles. The summed E-state index contributed by atoms with van der Waals surface area (Å²) in [6.07, 6.45) is 4.85. The molecule has 2 saturated heterocycles. The number of fused-ring (bicyclic) bond motifs is 2. The van der Waals surface area contributed by atoms with Gasteiger partial charge in [-0.05, 0) is 49.7 Å². The van der Waals surface area contributed by atoms with Gasteiger partial charge < -0.3 is 19.3 Å². The second-order valence-electron chi connectivity index (χ2n) is 10.4. The van der Waals surface area contributed by atoms with E-state index < -0.39 is 0 Å². The molecule has 1 aliphatic carbocycles. The summed E-state index contributed by atoms with van der Waals surface area (Å²) in [6.45, 7) is 2.06. The standard InChI is InChI=1S/C28H32N4O4/c1-35-23-14-20-21(15-24(23)36-2)29-27(30-25(20)33)31-12-10-28(11-13-31)16-19-8-9-22(19)32(26(28)34)17-18-6-4-3-5-7-18/h3-7,14-15,19,22H,8-13,16-17H2,1-2H3,(H,29,30,33). The van der Waals surface area contributed by atoms with Crippen LogP contribution >= 0.6 is 0 Å². The Labute approximate surface area is 210 Å². The molecule has 2 aliphatic heterocycles. The monoisotopic (exact) mass is 488 g/mol. The average molecular weight is 489 g/mol. The first-order valence-electron chi connectivity index (χ1n) is 12.8. The van der Waals surface area contributed by atoms with Crippen LogP contribution in [0.5, 0.6) is 11.5 Å².